The molecule has 0 unspecified atom stereocenters. The molecule has 0 amide bonds. The highest BCUT2D eigenvalue weighted by molar-refractivity contribution is 9.10. The Morgan fingerprint density at radius 3 is 2.75 bits per heavy atom. The number of hydrogen-bond acceptors (Lipinski definition) is 3. The maximum atomic E-state index is 13.1. The molecule has 0 aliphatic rings. The van der Waals surface area contributed by atoms with E-state index in [0.29, 0.717) is 21.3 Å². The first kappa shape index (κ1) is 14.5. The largest absolute Gasteiger partial charge is 0.489 e. The number of nitro groups is 1. The van der Waals surface area contributed by atoms with Crippen molar-refractivity contribution in [2.24, 2.45) is 0 Å². The molecule has 0 atom stereocenters. The molecule has 0 saturated carbocycles. The van der Waals surface area contributed by atoms with Crippen LogP contribution in [-0.2, 0) is 6.61 Å². The summed E-state index contributed by atoms with van der Waals surface area (Å²) in [5, 5.41) is 10.8. The van der Waals surface area contributed by atoms with Gasteiger partial charge in [-0.1, -0.05) is 12.1 Å². The van der Waals surface area contributed by atoms with Gasteiger partial charge < -0.3 is 4.74 Å². The monoisotopic (exact) mass is 339 g/mol. The Morgan fingerprint density at radius 1 is 1.35 bits per heavy atom. The van der Waals surface area contributed by atoms with Crippen LogP contribution < -0.4 is 4.74 Å². The molecule has 0 N–H and O–H groups in total. The molecule has 104 valence electrons. The molecular formula is C14H11BrFNO3. The number of halogens is 2. The number of benzene rings is 2. The van der Waals surface area contributed by atoms with E-state index in [1.165, 1.54) is 18.2 Å². The van der Waals surface area contributed by atoms with E-state index in [0.717, 1.165) is 0 Å². The molecule has 0 radical (unpaired) electrons. The van der Waals surface area contributed by atoms with Crippen LogP contribution in [-0.4, -0.2) is 4.92 Å². The average molecular weight is 340 g/mol. The summed E-state index contributed by atoms with van der Waals surface area (Å²) < 4.78 is 19.0. The fraction of sp³-hybridized carbons (Fsp3) is 0.143. The quantitative estimate of drug-likeness (QED) is 0.613. The smallest absolute Gasteiger partial charge is 0.283 e. The molecule has 2 aromatic carbocycles. The van der Waals surface area contributed by atoms with Gasteiger partial charge in [0.15, 0.2) is 0 Å². The lowest BCUT2D eigenvalue weighted by atomic mass is 10.2. The molecule has 0 aliphatic carbocycles. The van der Waals surface area contributed by atoms with Gasteiger partial charge in [-0.2, -0.15) is 0 Å². The highest BCUT2D eigenvalue weighted by Crippen LogP contribution is 2.29. The van der Waals surface area contributed by atoms with Crippen molar-refractivity contribution in [3.8, 4) is 5.75 Å². The maximum Gasteiger partial charge on any atom is 0.283 e. The topological polar surface area (TPSA) is 52.4 Å². The van der Waals surface area contributed by atoms with Gasteiger partial charge in [0.1, 0.15) is 22.6 Å². The van der Waals surface area contributed by atoms with Crippen molar-refractivity contribution >= 4 is 21.6 Å². The van der Waals surface area contributed by atoms with Crippen LogP contribution in [0.2, 0.25) is 0 Å². The Morgan fingerprint density at radius 2 is 2.10 bits per heavy atom. The number of nitro benzene ring substituents is 1. The van der Waals surface area contributed by atoms with Gasteiger partial charge in [0.05, 0.1) is 4.92 Å². The zero-order valence-corrected chi connectivity index (χ0v) is 12.2. The lowest BCUT2D eigenvalue weighted by Gasteiger charge is -2.09. The van der Waals surface area contributed by atoms with Crippen LogP contribution in [0.5, 0.6) is 5.75 Å². The van der Waals surface area contributed by atoms with Gasteiger partial charge in [-0.3, -0.25) is 10.1 Å². The summed E-state index contributed by atoms with van der Waals surface area (Å²) in [5.74, 6) is 0.219. The summed E-state index contributed by atoms with van der Waals surface area (Å²) in [6.07, 6.45) is 0. The standard InChI is InChI=1S/C14H11BrFNO3/c1-9-7-11(5-6-12(9)16)20-8-10-3-2-4-13(14(10)15)17(18)19/h2-7H,8H2,1H3. The fourth-order valence-corrected chi connectivity index (χ4v) is 2.21. The van der Waals surface area contributed by atoms with Crippen LogP contribution >= 0.6 is 15.9 Å². The summed E-state index contributed by atoms with van der Waals surface area (Å²) in [5.41, 5.74) is 1.13. The third kappa shape index (κ3) is 3.14. The van der Waals surface area contributed by atoms with Gasteiger partial charge in [0.2, 0.25) is 0 Å². The van der Waals surface area contributed by atoms with E-state index >= 15 is 0 Å². The Kier molecular flexibility index (Phi) is 4.34. The molecule has 6 heteroatoms. The predicted molar refractivity (Wildman–Crippen MR) is 76.3 cm³/mol. The van der Waals surface area contributed by atoms with Crippen LogP contribution in [0.4, 0.5) is 10.1 Å². The minimum atomic E-state index is -0.463. The summed E-state index contributed by atoms with van der Waals surface area (Å²) >= 11 is 3.20. The summed E-state index contributed by atoms with van der Waals surface area (Å²) in [4.78, 5) is 10.4. The minimum absolute atomic E-state index is 0.0126. The second kappa shape index (κ2) is 6.00. The molecule has 20 heavy (non-hydrogen) atoms. The molecule has 2 aromatic rings. The van der Waals surface area contributed by atoms with E-state index in [2.05, 4.69) is 15.9 Å². The van der Waals surface area contributed by atoms with Crippen LogP contribution in [0.15, 0.2) is 40.9 Å². The van der Waals surface area contributed by atoms with Crippen molar-refractivity contribution in [1.29, 1.82) is 0 Å². The summed E-state index contributed by atoms with van der Waals surface area (Å²) in [6.45, 7) is 1.80. The van der Waals surface area contributed by atoms with Gasteiger partial charge in [0.25, 0.3) is 5.69 Å². The molecule has 0 fully saturated rings. The van der Waals surface area contributed by atoms with E-state index in [9.17, 15) is 14.5 Å². The van der Waals surface area contributed by atoms with Gasteiger partial charge in [-0.25, -0.2) is 4.39 Å². The molecule has 0 aromatic heterocycles. The third-order valence-electron chi connectivity index (χ3n) is 2.78. The highest BCUT2D eigenvalue weighted by Gasteiger charge is 2.15. The van der Waals surface area contributed by atoms with E-state index < -0.39 is 4.92 Å². The zero-order chi connectivity index (χ0) is 14.7. The summed E-state index contributed by atoms with van der Waals surface area (Å²) in [7, 11) is 0. The molecule has 0 saturated heterocycles. The van der Waals surface area contributed by atoms with Crippen molar-refractivity contribution in [2.75, 3.05) is 0 Å². The highest BCUT2D eigenvalue weighted by atomic mass is 79.9. The first-order valence-corrected chi connectivity index (χ1v) is 6.59. The lowest BCUT2D eigenvalue weighted by molar-refractivity contribution is -0.385. The van der Waals surface area contributed by atoms with E-state index in [-0.39, 0.29) is 18.1 Å². The van der Waals surface area contributed by atoms with E-state index in [1.807, 2.05) is 0 Å². The van der Waals surface area contributed by atoms with E-state index in [1.54, 1.807) is 25.1 Å². The molecular weight excluding hydrogens is 329 g/mol. The Balaban J connectivity index is 2.17. The van der Waals surface area contributed by atoms with Gasteiger partial charge in [0, 0.05) is 11.6 Å². The lowest BCUT2D eigenvalue weighted by Crippen LogP contribution is -1.99. The van der Waals surface area contributed by atoms with Gasteiger partial charge in [-0.15, -0.1) is 0 Å². The first-order chi connectivity index (χ1) is 9.49. The molecule has 2 rings (SSSR count). The second-order valence-electron chi connectivity index (χ2n) is 4.21. The van der Waals surface area contributed by atoms with Crippen molar-refractivity contribution in [3.63, 3.8) is 0 Å². The number of hydrogen-bond donors (Lipinski definition) is 0. The Bertz CT molecular complexity index is 661. The van der Waals surface area contributed by atoms with Crippen molar-refractivity contribution in [1.82, 2.24) is 0 Å². The van der Waals surface area contributed by atoms with Crippen molar-refractivity contribution in [2.45, 2.75) is 13.5 Å². The number of aryl methyl sites for hydroxylation is 1. The first-order valence-electron chi connectivity index (χ1n) is 5.80. The molecule has 0 spiro atoms. The zero-order valence-electron chi connectivity index (χ0n) is 10.6. The van der Waals surface area contributed by atoms with Gasteiger partial charge >= 0.3 is 0 Å². The Hall–Kier alpha value is -1.95. The summed E-state index contributed by atoms with van der Waals surface area (Å²) in [6, 6.07) is 9.17. The van der Waals surface area contributed by atoms with Crippen LogP contribution in [0.3, 0.4) is 0 Å². The van der Waals surface area contributed by atoms with Crippen LogP contribution in [0.1, 0.15) is 11.1 Å². The minimum Gasteiger partial charge on any atom is -0.489 e. The number of rotatable bonds is 4. The Labute approximate surface area is 123 Å². The molecule has 4 nitrogen and oxygen atoms in total. The van der Waals surface area contributed by atoms with E-state index in [4.69, 9.17) is 4.74 Å². The fourth-order valence-electron chi connectivity index (χ4n) is 1.69. The second-order valence-corrected chi connectivity index (χ2v) is 5.00. The number of ether oxygens (including phenoxy) is 1. The SMILES string of the molecule is Cc1cc(OCc2cccc([N+](=O)[O-])c2Br)ccc1F. The molecule has 0 aliphatic heterocycles. The maximum absolute atomic E-state index is 13.1. The third-order valence-corrected chi connectivity index (χ3v) is 3.69. The van der Waals surface area contributed by atoms with Crippen LogP contribution in [0, 0.1) is 22.9 Å². The normalized spacial score (nSPS) is 10.3. The predicted octanol–water partition coefficient (Wildman–Crippen LogP) is 4.38. The van der Waals surface area contributed by atoms with Crippen molar-refractivity contribution < 1.29 is 14.1 Å². The molecule has 0 heterocycles. The average Bonchev–Trinajstić information content (AvgIpc) is 2.41. The van der Waals surface area contributed by atoms with Crippen molar-refractivity contribution in [3.05, 3.63) is 67.9 Å². The number of nitrogens with zero attached hydrogens (tertiary/aromatic N) is 1. The van der Waals surface area contributed by atoms with Crippen LogP contribution in [0.25, 0.3) is 0 Å². The van der Waals surface area contributed by atoms with Gasteiger partial charge in [-0.05, 0) is 46.6 Å². The molecule has 0 bridgehead atoms.